The zero-order valence-corrected chi connectivity index (χ0v) is 13.5. The third-order valence-electron chi connectivity index (χ3n) is 2.45. The topological polar surface area (TPSA) is 29.5 Å². The Morgan fingerprint density at radius 2 is 2.22 bits per heavy atom. The molecular weight excluding hydrogens is 314 g/mol. The van der Waals surface area contributed by atoms with Gasteiger partial charge in [-0.1, -0.05) is 13.8 Å². The van der Waals surface area contributed by atoms with E-state index in [0.29, 0.717) is 19.1 Å². The van der Waals surface area contributed by atoms with E-state index < -0.39 is 0 Å². The lowest BCUT2D eigenvalue weighted by Crippen LogP contribution is -2.35. The van der Waals surface area contributed by atoms with Crippen LogP contribution in [-0.4, -0.2) is 44.0 Å². The smallest absolute Gasteiger partial charge is 0.186 e. The van der Waals surface area contributed by atoms with E-state index in [0.717, 1.165) is 21.8 Å². The number of thiophene rings is 1. The molecule has 0 fully saturated rings. The Labute approximate surface area is 121 Å². The number of ketones is 1. The minimum atomic E-state index is 0.183. The van der Waals surface area contributed by atoms with Crippen LogP contribution >= 0.6 is 27.3 Å². The lowest BCUT2D eigenvalue weighted by molar-refractivity contribution is 0.0885. The van der Waals surface area contributed by atoms with Crippen LogP contribution in [0.15, 0.2) is 15.9 Å². The van der Waals surface area contributed by atoms with Gasteiger partial charge in [-0.25, -0.2) is 0 Å². The molecule has 3 nitrogen and oxygen atoms in total. The van der Waals surface area contributed by atoms with Crippen LogP contribution in [0.2, 0.25) is 0 Å². The van der Waals surface area contributed by atoms with E-state index in [-0.39, 0.29) is 5.78 Å². The van der Waals surface area contributed by atoms with Crippen molar-refractivity contribution >= 4 is 33.0 Å². The van der Waals surface area contributed by atoms with Gasteiger partial charge in [-0.2, -0.15) is 0 Å². The van der Waals surface area contributed by atoms with Crippen molar-refractivity contribution in [3.8, 4) is 0 Å². The summed E-state index contributed by atoms with van der Waals surface area (Å²) in [5, 5.41) is 0. The summed E-state index contributed by atoms with van der Waals surface area (Å²) < 4.78 is 6.09. The summed E-state index contributed by atoms with van der Waals surface area (Å²) in [6.07, 6.45) is 0. The second kappa shape index (κ2) is 8.04. The molecule has 0 saturated heterocycles. The SMILES string of the molecule is COCCN(CC(=O)c1ccc(Br)s1)CC(C)C. The van der Waals surface area contributed by atoms with Crippen LogP contribution in [-0.2, 0) is 4.74 Å². The summed E-state index contributed by atoms with van der Waals surface area (Å²) in [4.78, 5) is 15.1. The fourth-order valence-corrected chi connectivity index (χ4v) is 3.03. The predicted octanol–water partition coefficient (Wildman–Crippen LogP) is 3.30. The molecule has 0 aliphatic carbocycles. The number of ether oxygens (including phenoxy) is 1. The average molecular weight is 334 g/mol. The molecule has 0 bridgehead atoms. The van der Waals surface area contributed by atoms with E-state index in [2.05, 4.69) is 34.7 Å². The van der Waals surface area contributed by atoms with Crippen molar-refractivity contribution in [1.29, 1.82) is 0 Å². The molecule has 102 valence electrons. The molecule has 0 unspecified atom stereocenters. The number of Topliss-reactive ketones (excluding diaryl/α,β-unsaturated/α-hetero) is 1. The van der Waals surface area contributed by atoms with Gasteiger partial charge in [0, 0.05) is 20.2 Å². The van der Waals surface area contributed by atoms with E-state index in [1.165, 1.54) is 11.3 Å². The summed E-state index contributed by atoms with van der Waals surface area (Å²) in [5.74, 6) is 0.729. The normalized spacial score (nSPS) is 11.4. The lowest BCUT2D eigenvalue weighted by Gasteiger charge is -2.22. The zero-order valence-electron chi connectivity index (χ0n) is 11.1. The monoisotopic (exact) mass is 333 g/mol. The highest BCUT2D eigenvalue weighted by molar-refractivity contribution is 9.11. The van der Waals surface area contributed by atoms with Gasteiger partial charge in [0.25, 0.3) is 0 Å². The molecular formula is C13H20BrNO2S. The zero-order chi connectivity index (χ0) is 13.5. The van der Waals surface area contributed by atoms with Crippen molar-refractivity contribution < 1.29 is 9.53 Å². The van der Waals surface area contributed by atoms with Crippen LogP contribution in [0.3, 0.4) is 0 Å². The van der Waals surface area contributed by atoms with Crippen LogP contribution in [0.25, 0.3) is 0 Å². The maximum Gasteiger partial charge on any atom is 0.186 e. The highest BCUT2D eigenvalue weighted by Crippen LogP contribution is 2.22. The molecule has 5 heteroatoms. The van der Waals surface area contributed by atoms with Gasteiger partial charge in [0.15, 0.2) is 5.78 Å². The summed E-state index contributed by atoms with van der Waals surface area (Å²) >= 11 is 4.87. The molecule has 0 aliphatic rings. The summed E-state index contributed by atoms with van der Waals surface area (Å²) in [5.41, 5.74) is 0. The lowest BCUT2D eigenvalue weighted by atomic mass is 10.2. The largest absolute Gasteiger partial charge is 0.383 e. The third kappa shape index (κ3) is 5.61. The average Bonchev–Trinajstić information content (AvgIpc) is 2.72. The molecule has 0 aliphatic heterocycles. The second-order valence-electron chi connectivity index (χ2n) is 4.65. The van der Waals surface area contributed by atoms with E-state index in [1.54, 1.807) is 7.11 Å². The summed E-state index contributed by atoms with van der Waals surface area (Å²) in [6, 6.07) is 3.79. The number of hydrogen-bond donors (Lipinski definition) is 0. The van der Waals surface area contributed by atoms with Crippen LogP contribution in [0.5, 0.6) is 0 Å². The van der Waals surface area contributed by atoms with Gasteiger partial charge in [0.05, 0.1) is 21.8 Å². The van der Waals surface area contributed by atoms with E-state index in [9.17, 15) is 4.79 Å². The van der Waals surface area contributed by atoms with Gasteiger partial charge in [-0.05, 0) is 34.0 Å². The van der Waals surface area contributed by atoms with Gasteiger partial charge in [-0.15, -0.1) is 11.3 Å². The number of nitrogens with zero attached hydrogens (tertiary/aromatic N) is 1. The molecule has 1 heterocycles. The van der Waals surface area contributed by atoms with Gasteiger partial charge < -0.3 is 4.74 Å². The Morgan fingerprint density at radius 3 is 2.72 bits per heavy atom. The van der Waals surface area contributed by atoms with Crippen LogP contribution in [0, 0.1) is 5.92 Å². The molecule has 1 rings (SSSR count). The number of carbonyl (C=O) groups excluding carboxylic acids is 1. The first kappa shape index (κ1) is 15.8. The van der Waals surface area contributed by atoms with Gasteiger partial charge in [-0.3, -0.25) is 9.69 Å². The second-order valence-corrected chi connectivity index (χ2v) is 7.11. The Balaban J connectivity index is 2.56. The molecule has 0 N–H and O–H groups in total. The highest BCUT2D eigenvalue weighted by atomic mass is 79.9. The van der Waals surface area contributed by atoms with E-state index in [4.69, 9.17) is 4.74 Å². The standard InChI is InChI=1S/C13H20BrNO2S/c1-10(2)8-15(6-7-17-3)9-11(16)12-4-5-13(14)18-12/h4-5,10H,6-9H2,1-3H3. The fourth-order valence-electron chi connectivity index (χ4n) is 1.72. The highest BCUT2D eigenvalue weighted by Gasteiger charge is 2.15. The quantitative estimate of drug-likeness (QED) is 0.683. The minimum absolute atomic E-state index is 0.183. The molecule has 0 radical (unpaired) electrons. The maximum atomic E-state index is 12.1. The molecule has 1 aromatic heterocycles. The molecule has 0 aromatic carbocycles. The first-order valence-electron chi connectivity index (χ1n) is 6.02. The number of carbonyl (C=O) groups is 1. The number of halogens is 1. The molecule has 0 amide bonds. The Kier molecular flexibility index (Phi) is 7.07. The Bertz CT molecular complexity index is 379. The first-order valence-corrected chi connectivity index (χ1v) is 7.63. The van der Waals surface area contributed by atoms with Crippen molar-refractivity contribution in [3.63, 3.8) is 0 Å². The van der Waals surface area contributed by atoms with Crippen molar-refractivity contribution in [2.45, 2.75) is 13.8 Å². The predicted molar refractivity (Wildman–Crippen MR) is 79.5 cm³/mol. The fraction of sp³-hybridized carbons (Fsp3) is 0.615. The first-order chi connectivity index (χ1) is 8.52. The number of hydrogen-bond acceptors (Lipinski definition) is 4. The van der Waals surface area contributed by atoms with Crippen molar-refractivity contribution in [2.75, 3.05) is 33.4 Å². The summed E-state index contributed by atoms with van der Waals surface area (Å²) in [6.45, 7) is 7.16. The van der Waals surface area contributed by atoms with Crippen LogP contribution in [0.4, 0.5) is 0 Å². The molecule has 18 heavy (non-hydrogen) atoms. The minimum Gasteiger partial charge on any atom is -0.383 e. The Hall–Kier alpha value is -0.230. The molecule has 0 atom stereocenters. The molecule has 0 saturated carbocycles. The maximum absolute atomic E-state index is 12.1. The van der Waals surface area contributed by atoms with E-state index >= 15 is 0 Å². The van der Waals surface area contributed by atoms with Crippen LogP contribution in [0.1, 0.15) is 23.5 Å². The van der Waals surface area contributed by atoms with Gasteiger partial charge in [0.2, 0.25) is 0 Å². The van der Waals surface area contributed by atoms with Gasteiger partial charge >= 0.3 is 0 Å². The number of methoxy groups -OCH3 is 1. The molecule has 1 aromatic rings. The van der Waals surface area contributed by atoms with Gasteiger partial charge in [0.1, 0.15) is 0 Å². The number of rotatable bonds is 8. The van der Waals surface area contributed by atoms with Crippen molar-refractivity contribution in [3.05, 3.63) is 20.8 Å². The molecule has 0 spiro atoms. The Morgan fingerprint density at radius 1 is 1.50 bits per heavy atom. The third-order valence-corrected chi connectivity index (χ3v) is 4.11. The van der Waals surface area contributed by atoms with E-state index in [1.807, 2.05) is 12.1 Å². The van der Waals surface area contributed by atoms with Crippen molar-refractivity contribution in [2.24, 2.45) is 5.92 Å². The van der Waals surface area contributed by atoms with Crippen molar-refractivity contribution in [1.82, 2.24) is 4.90 Å². The van der Waals surface area contributed by atoms with Crippen LogP contribution < -0.4 is 0 Å². The summed E-state index contributed by atoms with van der Waals surface area (Å²) in [7, 11) is 1.69.